The molecule has 0 N–H and O–H groups in total. The van der Waals surface area contributed by atoms with Gasteiger partial charge in [-0.1, -0.05) is 33.8 Å². The molecule has 0 aliphatic rings. The quantitative estimate of drug-likeness (QED) is 0.495. The van der Waals surface area contributed by atoms with Crippen molar-refractivity contribution in [1.82, 2.24) is 14.5 Å². The summed E-state index contributed by atoms with van der Waals surface area (Å²) in [5.74, 6) is 1.92. The molecule has 0 fully saturated rings. The van der Waals surface area contributed by atoms with Crippen molar-refractivity contribution in [1.29, 1.82) is 0 Å². The van der Waals surface area contributed by atoms with Gasteiger partial charge in [-0.25, -0.2) is 4.98 Å². The van der Waals surface area contributed by atoms with Gasteiger partial charge in [-0.3, -0.25) is 9.36 Å². The van der Waals surface area contributed by atoms with E-state index in [1.54, 1.807) is 18.4 Å². The van der Waals surface area contributed by atoms with Gasteiger partial charge in [0.1, 0.15) is 16.4 Å². The minimum atomic E-state index is 0.0728. The van der Waals surface area contributed by atoms with Gasteiger partial charge in [-0.05, 0) is 50.2 Å². The molecule has 0 bridgehead atoms. The van der Waals surface area contributed by atoms with E-state index in [0.717, 1.165) is 63.0 Å². The topological polar surface area (TPSA) is 47.4 Å². The molecule has 0 aliphatic carbocycles. The highest BCUT2D eigenvalue weighted by Crippen LogP contribution is 2.37. The molecule has 162 valence electrons. The lowest BCUT2D eigenvalue weighted by atomic mass is 10.0. The number of rotatable bonds is 8. The maximum absolute atomic E-state index is 13.7. The Kier molecular flexibility index (Phi) is 6.98. The molecule has 0 saturated carbocycles. The molecule has 0 atom stereocenters. The van der Waals surface area contributed by atoms with Crippen LogP contribution in [0.1, 0.15) is 49.9 Å². The summed E-state index contributed by atoms with van der Waals surface area (Å²) in [6, 6.07) is 6.11. The monoisotopic (exact) mass is 427 g/mol. The van der Waals surface area contributed by atoms with Gasteiger partial charge >= 0.3 is 0 Å². The fourth-order valence-electron chi connectivity index (χ4n) is 4.03. The number of aryl methyl sites for hydroxylation is 2. The van der Waals surface area contributed by atoms with Gasteiger partial charge in [0.15, 0.2) is 0 Å². The number of nitrogens with zero attached hydrogens (tertiary/aromatic N) is 3. The van der Waals surface area contributed by atoms with Crippen LogP contribution in [-0.2, 0) is 6.54 Å². The van der Waals surface area contributed by atoms with E-state index in [9.17, 15) is 4.79 Å². The van der Waals surface area contributed by atoms with Crippen molar-refractivity contribution in [3.05, 3.63) is 44.8 Å². The van der Waals surface area contributed by atoms with Gasteiger partial charge in [0.25, 0.3) is 5.56 Å². The predicted octanol–water partition coefficient (Wildman–Crippen LogP) is 5.22. The Hall–Kier alpha value is -2.18. The van der Waals surface area contributed by atoms with E-state index in [2.05, 4.69) is 45.6 Å². The molecule has 30 heavy (non-hydrogen) atoms. The molecule has 0 saturated heterocycles. The van der Waals surface area contributed by atoms with Gasteiger partial charge in [-0.2, -0.15) is 0 Å². The molecular formula is C24H33N3O2S. The highest BCUT2D eigenvalue weighted by atomic mass is 32.1. The lowest BCUT2D eigenvalue weighted by molar-refractivity contribution is 0.286. The van der Waals surface area contributed by atoms with Crippen LogP contribution in [-0.4, -0.2) is 41.2 Å². The predicted molar refractivity (Wildman–Crippen MR) is 127 cm³/mol. The van der Waals surface area contributed by atoms with Gasteiger partial charge in [0.2, 0.25) is 0 Å². The summed E-state index contributed by atoms with van der Waals surface area (Å²) >= 11 is 1.61. The molecule has 1 aromatic carbocycles. The molecule has 0 spiro atoms. The van der Waals surface area contributed by atoms with Gasteiger partial charge in [-0.15, -0.1) is 11.3 Å². The van der Waals surface area contributed by atoms with Crippen LogP contribution in [0.4, 0.5) is 0 Å². The van der Waals surface area contributed by atoms with Crippen molar-refractivity contribution in [3.8, 4) is 16.9 Å². The first-order valence-electron chi connectivity index (χ1n) is 10.7. The Balaban J connectivity index is 2.21. The third kappa shape index (κ3) is 4.16. The summed E-state index contributed by atoms with van der Waals surface area (Å²) in [6.07, 6.45) is 0. The zero-order valence-corrected chi connectivity index (χ0v) is 20.0. The minimum Gasteiger partial charge on any atom is -0.496 e. The number of methoxy groups -OCH3 is 1. The number of hydrogen-bond donors (Lipinski definition) is 0. The maximum atomic E-state index is 13.7. The largest absolute Gasteiger partial charge is 0.496 e. The molecule has 5 nitrogen and oxygen atoms in total. The molecule has 2 heterocycles. The third-order valence-electron chi connectivity index (χ3n) is 5.75. The van der Waals surface area contributed by atoms with Crippen LogP contribution >= 0.6 is 11.3 Å². The molecule has 2 aromatic heterocycles. The third-order valence-corrected chi connectivity index (χ3v) is 6.75. The van der Waals surface area contributed by atoms with Crippen LogP contribution in [0.3, 0.4) is 0 Å². The van der Waals surface area contributed by atoms with Crippen LogP contribution < -0.4 is 10.3 Å². The Labute approximate surface area is 183 Å². The first-order chi connectivity index (χ1) is 14.3. The number of thiophene rings is 1. The number of benzene rings is 1. The maximum Gasteiger partial charge on any atom is 0.262 e. The van der Waals surface area contributed by atoms with Crippen molar-refractivity contribution in [2.75, 3.05) is 26.7 Å². The first kappa shape index (κ1) is 22.5. The summed E-state index contributed by atoms with van der Waals surface area (Å²) in [5.41, 5.74) is 3.18. The van der Waals surface area contributed by atoms with Gasteiger partial charge < -0.3 is 9.64 Å². The second-order valence-corrected chi connectivity index (χ2v) is 9.21. The van der Waals surface area contributed by atoms with Crippen LogP contribution in [0.25, 0.3) is 21.3 Å². The normalized spacial score (nSPS) is 11.8. The first-order valence-corrected chi connectivity index (χ1v) is 11.5. The molecule has 0 unspecified atom stereocenters. The molecule has 6 heteroatoms. The lowest BCUT2D eigenvalue weighted by Gasteiger charge is -2.21. The van der Waals surface area contributed by atoms with E-state index in [1.807, 2.05) is 23.6 Å². The van der Waals surface area contributed by atoms with Crippen LogP contribution in [0.5, 0.6) is 5.75 Å². The summed E-state index contributed by atoms with van der Waals surface area (Å²) in [6.45, 7) is 16.1. The number of fused-ring (bicyclic) bond motifs is 1. The SMILES string of the molecule is CCN(CC)CCn1c(C(C)C)nc2sc(C)c(-c3ccc(OC)c(C)c3)c2c1=O. The zero-order valence-electron chi connectivity index (χ0n) is 19.2. The Bertz CT molecular complexity index is 1090. The Morgan fingerprint density at radius 2 is 1.90 bits per heavy atom. The Morgan fingerprint density at radius 3 is 2.47 bits per heavy atom. The fraction of sp³-hybridized carbons (Fsp3) is 0.500. The number of likely N-dealkylation sites (N-methyl/N-ethyl adjacent to an activating group) is 1. The molecule has 0 amide bonds. The average molecular weight is 428 g/mol. The highest BCUT2D eigenvalue weighted by Gasteiger charge is 2.21. The average Bonchev–Trinajstić information content (AvgIpc) is 3.05. The molecule has 0 radical (unpaired) electrons. The van der Waals surface area contributed by atoms with Crippen molar-refractivity contribution >= 4 is 21.6 Å². The standard InChI is InChI=1S/C24H33N3O2S/c1-8-26(9-2)12-13-27-22(15(3)4)25-23-21(24(27)28)20(17(6)30-23)18-10-11-19(29-7)16(5)14-18/h10-11,14-15H,8-9,12-13H2,1-7H3. The minimum absolute atomic E-state index is 0.0728. The second kappa shape index (κ2) is 9.31. The fourth-order valence-corrected chi connectivity index (χ4v) is 5.07. The van der Waals surface area contributed by atoms with E-state index < -0.39 is 0 Å². The van der Waals surface area contributed by atoms with Crippen molar-refractivity contribution in [2.24, 2.45) is 0 Å². The van der Waals surface area contributed by atoms with E-state index in [-0.39, 0.29) is 11.5 Å². The van der Waals surface area contributed by atoms with Gasteiger partial charge in [0, 0.05) is 29.4 Å². The zero-order chi connectivity index (χ0) is 22.0. The number of hydrogen-bond acceptors (Lipinski definition) is 5. The van der Waals surface area contributed by atoms with Gasteiger partial charge in [0.05, 0.1) is 12.5 Å². The molecular weight excluding hydrogens is 394 g/mol. The summed E-state index contributed by atoms with van der Waals surface area (Å²) in [7, 11) is 1.68. The second-order valence-electron chi connectivity index (χ2n) is 8.01. The van der Waals surface area contributed by atoms with Crippen molar-refractivity contribution in [3.63, 3.8) is 0 Å². The smallest absolute Gasteiger partial charge is 0.262 e. The van der Waals surface area contributed by atoms with Crippen LogP contribution in [0.15, 0.2) is 23.0 Å². The van der Waals surface area contributed by atoms with Crippen LogP contribution in [0, 0.1) is 13.8 Å². The number of aromatic nitrogens is 2. The molecule has 3 aromatic rings. The molecule has 3 rings (SSSR count). The van der Waals surface area contributed by atoms with E-state index >= 15 is 0 Å². The summed E-state index contributed by atoms with van der Waals surface area (Å²) in [5, 5.41) is 0.742. The lowest BCUT2D eigenvalue weighted by Crippen LogP contribution is -2.33. The van der Waals surface area contributed by atoms with E-state index in [1.165, 1.54) is 0 Å². The summed E-state index contributed by atoms with van der Waals surface area (Å²) < 4.78 is 7.32. The van der Waals surface area contributed by atoms with E-state index in [4.69, 9.17) is 9.72 Å². The van der Waals surface area contributed by atoms with Crippen molar-refractivity contribution < 1.29 is 4.74 Å². The highest BCUT2D eigenvalue weighted by molar-refractivity contribution is 7.19. The Morgan fingerprint density at radius 1 is 1.20 bits per heavy atom. The van der Waals surface area contributed by atoms with E-state index in [0.29, 0.717) is 6.54 Å². The van der Waals surface area contributed by atoms with Crippen LogP contribution in [0.2, 0.25) is 0 Å². The number of ether oxygens (including phenoxy) is 1. The van der Waals surface area contributed by atoms with Crippen molar-refractivity contribution in [2.45, 2.75) is 54.0 Å². The molecule has 0 aliphatic heterocycles. The summed E-state index contributed by atoms with van der Waals surface area (Å²) in [4.78, 5) is 23.0.